The highest BCUT2D eigenvalue weighted by Crippen LogP contribution is 1.92. The van der Waals surface area contributed by atoms with E-state index in [-0.39, 0.29) is 6.10 Å². The number of carbonyl (C=O) groups excluding carboxylic acids is 1. The molecule has 0 unspecified atom stereocenters. The van der Waals surface area contributed by atoms with E-state index in [1.54, 1.807) is 13.8 Å². The Morgan fingerprint density at radius 2 is 2.20 bits per heavy atom. The van der Waals surface area contributed by atoms with Gasteiger partial charge in [-0.1, -0.05) is 0 Å². The molecule has 0 aromatic carbocycles. The van der Waals surface area contributed by atoms with Gasteiger partial charge >= 0.3 is 6.16 Å². The number of hydrogen-bond acceptors (Lipinski definition) is 3. The van der Waals surface area contributed by atoms with Gasteiger partial charge in [0.2, 0.25) is 0 Å². The molecule has 1 radical (unpaired) electrons. The summed E-state index contributed by atoms with van der Waals surface area (Å²) in [5.41, 5.74) is 0. The van der Waals surface area contributed by atoms with Crippen LogP contribution in [0.1, 0.15) is 20.3 Å². The molecule has 0 saturated carbocycles. The van der Waals surface area contributed by atoms with Crippen LogP contribution in [0.4, 0.5) is 4.79 Å². The van der Waals surface area contributed by atoms with Gasteiger partial charge in [-0.2, -0.15) is 0 Å². The maximum absolute atomic E-state index is 10.5. The van der Waals surface area contributed by atoms with Crippen LogP contribution in [0, 0.1) is 6.92 Å². The number of hydrogen-bond donors (Lipinski definition) is 0. The molecule has 3 nitrogen and oxygen atoms in total. The van der Waals surface area contributed by atoms with Gasteiger partial charge in [0, 0.05) is 0 Å². The lowest BCUT2D eigenvalue weighted by Gasteiger charge is -2.06. The molecule has 3 heteroatoms. The van der Waals surface area contributed by atoms with Gasteiger partial charge in [-0.3, -0.25) is 0 Å². The van der Waals surface area contributed by atoms with Crippen LogP contribution in [0.25, 0.3) is 0 Å². The molecule has 0 amide bonds. The normalized spacial score (nSPS) is 9.60. The van der Waals surface area contributed by atoms with E-state index in [0.29, 0.717) is 13.0 Å². The molecule has 0 heterocycles. The van der Waals surface area contributed by atoms with Gasteiger partial charge in [-0.05, 0) is 27.2 Å². The van der Waals surface area contributed by atoms with E-state index in [1.807, 2.05) is 0 Å². The van der Waals surface area contributed by atoms with Crippen molar-refractivity contribution in [2.45, 2.75) is 26.4 Å². The van der Waals surface area contributed by atoms with Crippen molar-refractivity contribution in [3.05, 3.63) is 6.92 Å². The zero-order chi connectivity index (χ0) is 7.98. The Morgan fingerprint density at radius 3 is 2.60 bits per heavy atom. The SMILES string of the molecule is [CH2]CCOC(=O)OC(C)C. The minimum absolute atomic E-state index is 0.114. The van der Waals surface area contributed by atoms with Crippen LogP contribution in [0.5, 0.6) is 0 Å². The van der Waals surface area contributed by atoms with Crippen LogP contribution in [-0.4, -0.2) is 18.9 Å². The lowest BCUT2D eigenvalue weighted by molar-refractivity contribution is 0.0356. The van der Waals surface area contributed by atoms with Crippen LogP contribution in [0.3, 0.4) is 0 Å². The monoisotopic (exact) mass is 145 g/mol. The third-order valence-corrected chi connectivity index (χ3v) is 0.696. The first-order valence-corrected chi connectivity index (χ1v) is 3.29. The van der Waals surface area contributed by atoms with Gasteiger partial charge in [0.1, 0.15) is 0 Å². The first-order valence-electron chi connectivity index (χ1n) is 3.29. The largest absolute Gasteiger partial charge is 0.508 e. The quantitative estimate of drug-likeness (QED) is 0.568. The van der Waals surface area contributed by atoms with Gasteiger partial charge in [0.15, 0.2) is 0 Å². The molecule has 0 aliphatic heterocycles. The Hall–Kier alpha value is -0.730. The topological polar surface area (TPSA) is 35.5 Å². The minimum atomic E-state index is -0.612. The molecule has 59 valence electrons. The third-order valence-electron chi connectivity index (χ3n) is 0.696. The van der Waals surface area contributed by atoms with E-state index in [1.165, 1.54) is 0 Å². The maximum atomic E-state index is 10.5. The van der Waals surface area contributed by atoms with Gasteiger partial charge in [-0.15, -0.1) is 0 Å². The van der Waals surface area contributed by atoms with E-state index in [2.05, 4.69) is 16.4 Å². The van der Waals surface area contributed by atoms with Crippen LogP contribution in [0.2, 0.25) is 0 Å². The molecule has 0 rings (SSSR count). The molecule has 0 aliphatic rings. The highest BCUT2D eigenvalue weighted by atomic mass is 16.7. The van der Waals surface area contributed by atoms with Crippen molar-refractivity contribution < 1.29 is 14.3 Å². The van der Waals surface area contributed by atoms with E-state index in [0.717, 1.165) is 0 Å². The molecule has 0 aromatic heterocycles. The lowest BCUT2D eigenvalue weighted by Crippen LogP contribution is -2.13. The van der Waals surface area contributed by atoms with Crippen molar-refractivity contribution >= 4 is 6.16 Å². The summed E-state index contributed by atoms with van der Waals surface area (Å²) in [7, 11) is 0. The molecule has 0 saturated heterocycles. The molecular formula is C7H13O3. The maximum Gasteiger partial charge on any atom is 0.508 e. The summed E-state index contributed by atoms with van der Waals surface area (Å²) in [6.45, 7) is 7.37. The molecule has 0 aromatic rings. The summed E-state index contributed by atoms with van der Waals surface area (Å²) in [5.74, 6) is 0. The molecule has 0 atom stereocenters. The standard InChI is InChI=1S/C7H13O3/c1-4-5-9-7(8)10-6(2)3/h6H,1,4-5H2,2-3H3. The second-order valence-electron chi connectivity index (χ2n) is 2.12. The molecule has 0 spiro atoms. The highest BCUT2D eigenvalue weighted by Gasteiger charge is 2.03. The Bertz CT molecular complexity index is 99.0. The summed E-state index contributed by atoms with van der Waals surface area (Å²) in [4.78, 5) is 10.5. The molecule has 0 bridgehead atoms. The predicted octanol–water partition coefficient (Wildman–Crippen LogP) is 1.77. The van der Waals surface area contributed by atoms with Gasteiger partial charge in [0.25, 0.3) is 0 Å². The first-order chi connectivity index (χ1) is 4.66. The predicted molar refractivity (Wildman–Crippen MR) is 37.5 cm³/mol. The van der Waals surface area contributed by atoms with Gasteiger partial charge in [-0.25, -0.2) is 4.79 Å². The number of carbonyl (C=O) groups is 1. The van der Waals surface area contributed by atoms with Crippen molar-refractivity contribution in [1.29, 1.82) is 0 Å². The minimum Gasteiger partial charge on any atom is -0.434 e. The zero-order valence-corrected chi connectivity index (χ0v) is 6.42. The summed E-state index contributed by atoms with van der Waals surface area (Å²) < 4.78 is 9.24. The smallest absolute Gasteiger partial charge is 0.434 e. The summed E-state index contributed by atoms with van der Waals surface area (Å²) in [6.07, 6.45) is -0.149. The van der Waals surface area contributed by atoms with Gasteiger partial charge in [0.05, 0.1) is 12.7 Å². The van der Waals surface area contributed by atoms with Crippen molar-refractivity contribution in [3.8, 4) is 0 Å². The van der Waals surface area contributed by atoms with Crippen molar-refractivity contribution in [2.24, 2.45) is 0 Å². The van der Waals surface area contributed by atoms with Crippen molar-refractivity contribution in [3.63, 3.8) is 0 Å². The Labute approximate surface area is 61.3 Å². The number of rotatable bonds is 3. The Kier molecular flexibility index (Phi) is 4.72. The van der Waals surface area contributed by atoms with Crippen LogP contribution >= 0.6 is 0 Å². The summed E-state index contributed by atoms with van der Waals surface area (Å²) in [6, 6.07) is 0. The average molecular weight is 145 g/mol. The summed E-state index contributed by atoms with van der Waals surface area (Å²) >= 11 is 0. The molecular weight excluding hydrogens is 132 g/mol. The van der Waals surface area contributed by atoms with E-state index in [9.17, 15) is 4.79 Å². The van der Waals surface area contributed by atoms with Crippen molar-refractivity contribution in [2.75, 3.05) is 6.61 Å². The average Bonchev–Trinajstić information content (AvgIpc) is 1.82. The highest BCUT2D eigenvalue weighted by molar-refractivity contribution is 5.59. The second-order valence-corrected chi connectivity index (χ2v) is 2.12. The lowest BCUT2D eigenvalue weighted by atomic mass is 10.5. The molecule has 0 fully saturated rings. The van der Waals surface area contributed by atoms with Crippen LogP contribution < -0.4 is 0 Å². The molecule has 0 aliphatic carbocycles. The van der Waals surface area contributed by atoms with Gasteiger partial charge < -0.3 is 9.47 Å². The Balaban J connectivity index is 3.26. The fourth-order valence-electron chi connectivity index (χ4n) is 0.382. The molecule has 0 N–H and O–H groups in total. The Morgan fingerprint density at radius 1 is 1.60 bits per heavy atom. The fourth-order valence-corrected chi connectivity index (χ4v) is 0.382. The number of ether oxygens (including phenoxy) is 2. The molecule has 10 heavy (non-hydrogen) atoms. The van der Waals surface area contributed by atoms with Crippen molar-refractivity contribution in [1.82, 2.24) is 0 Å². The second kappa shape index (κ2) is 5.09. The van der Waals surface area contributed by atoms with E-state index in [4.69, 9.17) is 0 Å². The zero-order valence-electron chi connectivity index (χ0n) is 6.42. The van der Waals surface area contributed by atoms with E-state index >= 15 is 0 Å². The van der Waals surface area contributed by atoms with E-state index < -0.39 is 6.16 Å². The third kappa shape index (κ3) is 5.41. The van der Waals surface area contributed by atoms with Crippen LogP contribution in [0.15, 0.2) is 0 Å². The fraction of sp³-hybridized carbons (Fsp3) is 0.714. The van der Waals surface area contributed by atoms with Crippen LogP contribution in [-0.2, 0) is 9.47 Å². The summed E-state index contributed by atoms with van der Waals surface area (Å²) in [5, 5.41) is 0. The first kappa shape index (κ1) is 9.27.